The quantitative estimate of drug-likeness (QED) is 0.215. The highest BCUT2D eigenvalue weighted by Gasteiger charge is 2.71. The fraction of sp³-hybridized carbons (Fsp3) is 0.516. The highest BCUT2D eigenvalue weighted by atomic mass is 16.8. The Hall–Kier alpha value is -3.43. The molecule has 9 nitrogen and oxygen atoms in total. The van der Waals surface area contributed by atoms with E-state index in [4.69, 9.17) is 18.9 Å². The summed E-state index contributed by atoms with van der Waals surface area (Å²) in [6.45, 7) is 12.5. The van der Waals surface area contributed by atoms with Crippen LogP contribution in [0.1, 0.15) is 64.2 Å². The molecule has 1 aromatic carbocycles. The number of hydrogen-bond donors (Lipinski definition) is 2. The van der Waals surface area contributed by atoms with Crippen LogP contribution in [-0.2, 0) is 28.5 Å². The topological polar surface area (TPSA) is 129 Å². The molecule has 3 aliphatic rings. The molecule has 0 aromatic heterocycles. The van der Waals surface area contributed by atoms with Crippen molar-refractivity contribution in [2.45, 2.75) is 78.7 Å². The van der Waals surface area contributed by atoms with Gasteiger partial charge in [0.05, 0.1) is 17.1 Å². The predicted molar refractivity (Wildman–Crippen MR) is 145 cm³/mol. The summed E-state index contributed by atoms with van der Waals surface area (Å²) in [4.78, 5) is 37.4. The van der Waals surface area contributed by atoms with E-state index in [1.807, 2.05) is 6.92 Å². The van der Waals surface area contributed by atoms with Crippen molar-refractivity contribution < 1.29 is 43.5 Å². The number of carbonyl (C=O) groups excluding carboxylic acids is 3. The van der Waals surface area contributed by atoms with Crippen LogP contribution in [0.5, 0.6) is 5.75 Å². The van der Waals surface area contributed by atoms with E-state index in [0.717, 1.165) is 5.57 Å². The monoisotopic (exact) mass is 554 g/mol. The van der Waals surface area contributed by atoms with Gasteiger partial charge in [0.1, 0.15) is 11.9 Å². The van der Waals surface area contributed by atoms with Crippen molar-refractivity contribution >= 4 is 17.9 Å². The van der Waals surface area contributed by atoms with Gasteiger partial charge in [-0.3, -0.25) is 14.3 Å². The average Bonchev–Trinajstić information content (AvgIpc) is 3.18. The predicted octanol–water partition coefficient (Wildman–Crippen LogP) is 4.59. The molecule has 1 aromatic rings. The molecule has 0 unspecified atom stereocenters. The zero-order valence-electron chi connectivity index (χ0n) is 23.6. The van der Waals surface area contributed by atoms with Crippen LogP contribution in [-0.4, -0.2) is 52.9 Å². The van der Waals surface area contributed by atoms with Crippen molar-refractivity contribution in [1.29, 1.82) is 0 Å². The highest BCUT2D eigenvalue weighted by Crippen LogP contribution is 2.67. The number of aromatic hydroxyl groups is 1. The van der Waals surface area contributed by atoms with Crippen molar-refractivity contribution in [2.75, 3.05) is 0 Å². The van der Waals surface area contributed by atoms with Crippen LogP contribution in [0, 0.1) is 22.7 Å². The summed E-state index contributed by atoms with van der Waals surface area (Å²) < 4.78 is 23.2. The zero-order chi connectivity index (χ0) is 29.4. The van der Waals surface area contributed by atoms with E-state index in [-0.39, 0.29) is 17.2 Å². The Morgan fingerprint density at radius 2 is 1.73 bits per heavy atom. The molecule has 0 bridgehead atoms. The second-order valence-electron chi connectivity index (χ2n) is 11.4. The second-order valence-corrected chi connectivity index (χ2v) is 11.4. The molecule has 0 radical (unpaired) electrons. The highest BCUT2D eigenvalue weighted by molar-refractivity contribution is 5.89. The number of carbonyl (C=O) groups is 3. The van der Waals surface area contributed by atoms with Crippen molar-refractivity contribution in [3.63, 3.8) is 0 Å². The summed E-state index contributed by atoms with van der Waals surface area (Å²) in [5.41, 5.74) is -0.0330. The number of rotatable bonds is 7. The van der Waals surface area contributed by atoms with Gasteiger partial charge in [-0.05, 0) is 73.8 Å². The number of benzene rings is 1. The van der Waals surface area contributed by atoms with Gasteiger partial charge in [0.25, 0.3) is 0 Å². The first kappa shape index (κ1) is 29.6. The number of phenols is 1. The van der Waals surface area contributed by atoms with Crippen LogP contribution in [0.4, 0.5) is 0 Å². The van der Waals surface area contributed by atoms with Gasteiger partial charge in [0, 0.05) is 19.4 Å². The lowest BCUT2D eigenvalue weighted by atomic mass is 9.45. The largest absolute Gasteiger partial charge is 0.508 e. The molecule has 4 rings (SSSR count). The molecule has 40 heavy (non-hydrogen) atoms. The molecular formula is C31H38O9. The number of aliphatic hydroxyl groups excluding tert-OH is 1. The maximum Gasteiger partial charge on any atom is 0.338 e. The third kappa shape index (κ3) is 5.20. The van der Waals surface area contributed by atoms with Gasteiger partial charge in [0.15, 0.2) is 0 Å². The first-order valence-corrected chi connectivity index (χ1v) is 13.5. The van der Waals surface area contributed by atoms with Crippen molar-refractivity contribution in [3.8, 4) is 5.75 Å². The molecule has 1 saturated heterocycles. The van der Waals surface area contributed by atoms with Gasteiger partial charge in [-0.15, -0.1) is 0 Å². The minimum atomic E-state index is -1.24. The molecule has 2 aliphatic carbocycles. The van der Waals surface area contributed by atoms with Crippen LogP contribution in [0.15, 0.2) is 60.2 Å². The Kier molecular flexibility index (Phi) is 8.28. The van der Waals surface area contributed by atoms with Gasteiger partial charge in [0.2, 0.25) is 12.6 Å². The van der Waals surface area contributed by atoms with Crippen molar-refractivity contribution in [3.05, 3.63) is 65.8 Å². The van der Waals surface area contributed by atoms with Gasteiger partial charge in [-0.1, -0.05) is 38.2 Å². The number of allylic oxidation sites excluding steroid dienone is 3. The Morgan fingerprint density at radius 3 is 2.33 bits per heavy atom. The summed E-state index contributed by atoms with van der Waals surface area (Å²) in [5, 5.41) is 21.4. The molecule has 1 aliphatic heterocycles. The minimum Gasteiger partial charge on any atom is -0.508 e. The number of ether oxygens (including phenoxy) is 4. The fourth-order valence-corrected chi connectivity index (χ4v) is 6.67. The lowest BCUT2D eigenvalue weighted by Gasteiger charge is -2.60. The molecule has 2 fully saturated rings. The molecule has 0 amide bonds. The van der Waals surface area contributed by atoms with Gasteiger partial charge in [-0.25, -0.2) is 4.79 Å². The third-order valence-electron chi connectivity index (χ3n) is 8.94. The molecular weight excluding hydrogens is 516 g/mol. The average molecular weight is 555 g/mol. The lowest BCUT2D eigenvalue weighted by Crippen LogP contribution is -2.63. The van der Waals surface area contributed by atoms with E-state index in [1.165, 1.54) is 38.1 Å². The molecule has 1 heterocycles. The van der Waals surface area contributed by atoms with Crippen LogP contribution in [0.3, 0.4) is 0 Å². The number of esters is 3. The molecule has 9 heteroatoms. The Morgan fingerprint density at radius 1 is 1.07 bits per heavy atom. The maximum absolute atomic E-state index is 13.1. The van der Waals surface area contributed by atoms with Gasteiger partial charge >= 0.3 is 17.9 Å². The first-order valence-electron chi connectivity index (χ1n) is 13.5. The summed E-state index contributed by atoms with van der Waals surface area (Å²) in [6.07, 6.45) is 2.62. The number of phenolic OH excluding ortho intramolecular Hbond substituents is 1. The normalized spacial score (nSPS) is 35.0. The maximum atomic E-state index is 13.1. The molecule has 1 spiro atoms. The van der Waals surface area contributed by atoms with E-state index in [1.54, 1.807) is 12.2 Å². The fourth-order valence-electron chi connectivity index (χ4n) is 6.67. The third-order valence-corrected chi connectivity index (χ3v) is 8.94. The standard InChI is InChI=1S/C31H38O9/c1-7-17(2)12-13-30(6)18(3)14-26(35)31-24(28(37-19(4)32)40-29(31)38-20(5)33)15-23(16-25(30)31)39-27(36)21-8-10-22(34)11-9-21/h7-12,15,18,23,25-26,28-29,34-35H,1,13-14,16H2,2-6H3/b17-12+/t18-,23-,25+,26+,28+,29+,30+,31+/m0/s1. The molecule has 8 atom stereocenters. The van der Waals surface area contributed by atoms with Gasteiger partial charge < -0.3 is 24.4 Å². The molecule has 2 N–H and O–H groups in total. The summed E-state index contributed by atoms with van der Waals surface area (Å²) in [7, 11) is 0. The van der Waals surface area contributed by atoms with Crippen LogP contribution >= 0.6 is 0 Å². The summed E-state index contributed by atoms with van der Waals surface area (Å²) >= 11 is 0. The van der Waals surface area contributed by atoms with E-state index < -0.39 is 59.4 Å². The number of aliphatic hydroxyl groups is 1. The Balaban J connectivity index is 1.86. The van der Waals surface area contributed by atoms with Crippen molar-refractivity contribution in [2.24, 2.45) is 22.7 Å². The smallest absolute Gasteiger partial charge is 0.338 e. The Labute approximate surface area is 234 Å². The van der Waals surface area contributed by atoms with Crippen LogP contribution in [0.25, 0.3) is 0 Å². The lowest BCUT2D eigenvalue weighted by molar-refractivity contribution is -0.253. The van der Waals surface area contributed by atoms with Crippen LogP contribution < -0.4 is 0 Å². The summed E-state index contributed by atoms with van der Waals surface area (Å²) in [5.74, 6) is -2.18. The molecule has 1 saturated carbocycles. The SMILES string of the molecule is C=C/C(C)=C/C[C@@]1(C)[C@H]2C[C@@H](OC(=O)c3ccc(O)cc3)C=C3[C@H](OC(C)=O)O[C@@H](OC(C)=O)[C@]32[C@H](O)C[C@@H]1C. The second kappa shape index (κ2) is 11.2. The van der Waals surface area contributed by atoms with E-state index in [0.29, 0.717) is 24.8 Å². The van der Waals surface area contributed by atoms with E-state index >= 15 is 0 Å². The Bertz CT molecular complexity index is 1230. The first-order chi connectivity index (χ1) is 18.8. The van der Waals surface area contributed by atoms with Crippen LogP contribution in [0.2, 0.25) is 0 Å². The van der Waals surface area contributed by atoms with Gasteiger partial charge in [-0.2, -0.15) is 0 Å². The zero-order valence-corrected chi connectivity index (χ0v) is 23.6. The van der Waals surface area contributed by atoms with Crippen molar-refractivity contribution in [1.82, 2.24) is 0 Å². The minimum absolute atomic E-state index is 0.0190. The summed E-state index contributed by atoms with van der Waals surface area (Å²) in [6, 6.07) is 5.73. The van der Waals surface area contributed by atoms with E-state index in [2.05, 4.69) is 26.5 Å². The van der Waals surface area contributed by atoms with E-state index in [9.17, 15) is 24.6 Å². The molecule has 216 valence electrons. The number of hydrogen-bond acceptors (Lipinski definition) is 9.